The standard InChI is InChI=1S/C13H8Br2ClNO4S/c14-9-5-8(7-17-18)13(12(15)6-9)21-22(19,20)11-3-1-10(16)2-4-11/h1-7,18H/b17-7-. The molecule has 0 unspecified atom stereocenters. The molecule has 9 heteroatoms. The number of hydrogen-bond acceptors (Lipinski definition) is 5. The smallest absolute Gasteiger partial charge is 0.339 e. The van der Waals surface area contributed by atoms with Crippen LogP contribution in [0.15, 0.2) is 55.4 Å². The number of benzene rings is 2. The summed E-state index contributed by atoms with van der Waals surface area (Å²) < 4.78 is 30.8. The topological polar surface area (TPSA) is 76.0 Å². The van der Waals surface area contributed by atoms with Crippen LogP contribution in [0.25, 0.3) is 0 Å². The van der Waals surface area contributed by atoms with Gasteiger partial charge in [-0.3, -0.25) is 0 Å². The molecule has 0 atom stereocenters. The average Bonchev–Trinajstić information content (AvgIpc) is 2.43. The highest BCUT2D eigenvalue weighted by Gasteiger charge is 2.20. The van der Waals surface area contributed by atoms with Crippen molar-refractivity contribution in [1.82, 2.24) is 0 Å². The maximum absolute atomic E-state index is 12.3. The summed E-state index contributed by atoms with van der Waals surface area (Å²) in [7, 11) is -4.05. The van der Waals surface area contributed by atoms with E-state index >= 15 is 0 Å². The van der Waals surface area contributed by atoms with Gasteiger partial charge in [-0.2, -0.15) is 8.42 Å². The third-order valence-electron chi connectivity index (χ3n) is 2.53. The van der Waals surface area contributed by atoms with Crippen molar-refractivity contribution in [2.24, 2.45) is 5.16 Å². The molecule has 0 aliphatic rings. The first-order chi connectivity index (χ1) is 10.3. The van der Waals surface area contributed by atoms with E-state index in [9.17, 15) is 8.42 Å². The summed E-state index contributed by atoms with van der Waals surface area (Å²) >= 11 is 12.2. The lowest BCUT2D eigenvalue weighted by molar-refractivity contribution is 0.321. The summed E-state index contributed by atoms with van der Waals surface area (Å²) in [6.07, 6.45) is 1.07. The van der Waals surface area contributed by atoms with Crippen LogP contribution < -0.4 is 4.18 Å². The van der Waals surface area contributed by atoms with E-state index in [-0.39, 0.29) is 16.2 Å². The molecule has 0 bridgehead atoms. The molecule has 5 nitrogen and oxygen atoms in total. The third kappa shape index (κ3) is 4.01. The monoisotopic (exact) mass is 467 g/mol. The van der Waals surface area contributed by atoms with Crippen LogP contribution in [0.4, 0.5) is 0 Å². The molecule has 0 aliphatic carbocycles. The Hall–Kier alpha value is -1.09. The van der Waals surface area contributed by atoms with E-state index in [1.54, 1.807) is 12.1 Å². The number of hydrogen-bond donors (Lipinski definition) is 1. The zero-order chi connectivity index (χ0) is 16.3. The van der Waals surface area contributed by atoms with Crippen LogP contribution in [0.2, 0.25) is 5.02 Å². The number of rotatable bonds is 4. The molecule has 116 valence electrons. The van der Waals surface area contributed by atoms with Gasteiger partial charge in [-0.15, -0.1) is 0 Å². The zero-order valence-corrected chi connectivity index (χ0v) is 15.4. The highest BCUT2D eigenvalue weighted by Crippen LogP contribution is 2.34. The van der Waals surface area contributed by atoms with Crippen LogP contribution in [0, 0.1) is 0 Å². The Morgan fingerprint density at radius 1 is 1.18 bits per heavy atom. The Bertz CT molecular complexity index is 823. The molecule has 0 spiro atoms. The van der Waals surface area contributed by atoms with Crippen LogP contribution in [-0.2, 0) is 10.1 Å². The first-order valence-electron chi connectivity index (χ1n) is 5.70. The fourth-order valence-electron chi connectivity index (χ4n) is 1.59. The lowest BCUT2D eigenvalue weighted by Crippen LogP contribution is -2.11. The number of halogens is 3. The minimum absolute atomic E-state index is 0.0101. The van der Waals surface area contributed by atoms with Gasteiger partial charge in [-0.05, 0) is 52.3 Å². The van der Waals surface area contributed by atoms with Gasteiger partial charge in [0, 0.05) is 15.1 Å². The van der Waals surface area contributed by atoms with Gasteiger partial charge in [0.05, 0.1) is 10.7 Å². The Morgan fingerprint density at radius 3 is 2.41 bits per heavy atom. The third-order valence-corrected chi connectivity index (χ3v) is 5.06. The SMILES string of the molecule is O=S(=O)(Oc1c(Br)cc(Br)cc1/C=N\O)c1ccc(Cl)cc1. The van der Waals surface area contributed by atoms with Crippen molar-refractivity contribution in [3.05, 3.63) is 55.9 Å². The fourth-order valence-corrected chi connectivity index (χ4v) is 4.13. The van der Waals surface area contributed by atoms with Crippen LogP contribution >= 0.6 is 43.5 Å². The van der Waals surface area contributed by atoms with Gasteiger partial charge >= 0.3 is 10.1 Å². The first-order valence-corrected chi connectivity index (χ1v) is 9.07. The van der Waals surface area contributed by atoms with Gasteiger partial charge in [0.2, 0.25) is 0 Å². The van der Waals surface area contributed by atoms with Gasteiger partial charge in [0.15, 0.2) is 5.75 Å². The molecule has 0 fully saturated rings. The van der Waals surface area contributed by atoms with Crippen molar-refractivity contribution in [3.63, 3.8) is 0 Å². The van der Waals surface area contributed by atoms with Crippen molar-refractivity contribution in [1.29, 1.82) is 0 Å². The maximum atomic E-state index is 12.3. The summed E-state index contributed by atoms with van der Waals surface area (Å²) in [5.41, 5.74) is 0.279. The molecule has 0 saturated heterocycles. The molecule has 0 aromatic heterocycles. The Balaban J connectivity index is 2.47. The van der Waals surface area contributed by atoms with E-state index in [2.05, 4.69) is 37.0 Å². The van der Waals surface area contributed by atoms with Crippen molar-refractivity contribution in [3.8, 4) is 5.75 Å². The van der Waals surface area contributed by atoms with Crippen molar-refractivity contribution in [2.45, 2.75) is 4.90 Å². The van der Waals surface area contributed by atoms with Gasteiger partial charge in [-0.1, -0.05) is 32.7 Å². The molecule has 2 aromatic rings. The highest BCUT2D eigenvalue weighted by atomic mass is 79.9. The van der Waals surface area contributed by atoms with Crippen LogP contribution in [0.3, 0.4) is 0 Å². The molecule has 0 saturated carbocycles. The van der Waals surface area contributed by atoms with E-state index in [0.29, 0.717) is 14.0 Å². The second-order valence-corrected chi connectivity index (χ2v) is 7.79. The predicted molar refractivity (Wildman–Crippen MR) is 90.5 cm³/mol. The molecular formula is C13H8Br2ClNO4S. The van der Waals surface area contributed by atoms with Crippen LogP contribution in [-0.4, -0.2) is 19.8 Å². The summed E-state index contributed by atoms with van der Waals surface area (Å²) in [5, 5.41) is 12.0. The van der Waals surface area contributed by atoms with Crippen molar-refractivity contribution >= 4 is 59.8 Å². The Morgan fingerprint density at radius 2 is 1.82 bits per heavy atom. The lowest BCUT2D eigenvalue weighted by Gasteiger charge is -2.11. The van der Waals surface area contributed by atoms with Gasteiger partial charge < -0.3 is 9.39 Å². The summed E-state index contributed by atoms with van der Waals surface area (Å²) in [6.45, 7) is 0. The predicted octanol–water partition coefficient (Wildman–Crippen LogP) is 4.44. The molecule has 0 aliphatic heterocycles. The number of oxime groups is 1. The molecule has 1 N–H and O–H groups in total. The van der Waals surface area contributed by atoms with Gasteiger partial charge in [0.1, 0.15) is 4.90 Å². The lowest BCUT2D eigenvalue weighted by atomic mass is 10.2. The summed E-state index contributed by atoms with van der Waals surface area (Å²) in [6, 6.07) is 8.74. The average molecular weight is 470 g/mol. The summed E-state index contributed by atoms with van der Waals surface area (Å²) in [4.78, 5) is -0.0430. The first kappa shape index (κ1) is 17.3. The fraction of sp³-hybridized carbons (Fsp3) is 0. The van der Waals surface area contributed by atoms with Crippen LogP contribution in [0.1, 0.15) is 5.56 Å². The van der Waals surface area contributed by atoms with Crippen LogP contribution in [0.5, 0.6) is 5.75 Å². The minimum Gasteiger partial charge on any atom is -0.411 e. The van der Waals surface area contributed by atoms with Gasteiger partial charge in [-0.25, -0.2) is 0 Å². The maximum Gasteiger partial charge on any atom is 0.339 e. The minimum atomic E-state index is -4.05. The highest BCUT2D eigenvalue weighted by molar-refractivity contribution is 9.11. The summed E-state index contributed by atoms with van der Waals surface area (Å²) in [5.74, 6) is 0.0101. The molecular weight excluding hydrogens is 461 g/mol. The normalized spacial score (nSPS) is 11.8. The zero-order valence-electron chi connectivity index (χ0n) is 10.7. The molecule has 0 heterocycles. The number of nitrogens with zero attached hydrogens (tertiary/aromatic N) is 1. The largest absolute Gasteiger partial charge is 0.411 e. The molecule has 22 heavy (non-hydrogen) atoms. The van der Waals surface area contributed by atoms with Crippen molar-refractivity contribution < 1.29 is 17.8 Å². The van der Waals surface area contributed by atoms with E-state index in [4.69, 9.17) is 21.0 Å². The van der Waals surface area contributed by atoms with E-state index in [0.717, 1.165) is 6.21 Å². The van der Waals surface area contributed by atoms with Gasteiger partial charge in [0.25, 0.3) is 0 Å². The Labute approximate surface area is 148 Å². The molecule has 2 rings (SSSR count). The van der Waals surface area contributed by atoms with E-state index < -0.39 is 10.1 Å². The molecule has 0 amide bonds. The molecule has 2 aromatic carbocycles. The quantitative estimate of drug-likeness (QED) is 0.311. The van der Waals surface area contributed by atoms with Crippen molar-refractivity contribution in [2.75, 3.05) is 0 Å². The van der Waals surface area contributed by atoms with E-state index in [1.807, 2.05) is 0 Å². The van der Waals surface area contributed by atoms with E-state index in [1.165, 1.54) is 24.3 Å². The second-order valence-electron chi connectivity index (χ2n) is 4.04. The second kappa shape index (κ2) is 6.99. The molecule has 0 radical (unpaired) electrons. The Kier molecular flexibility index (Phi) is 5.49.